The third-order valence-corrected chi connectivity index (χ3v) is 4.77. The summed E-state index contributed by atoms with van der Waals surface area (Å²) in [5.74, 6) is 0.666. The third-order valence-electron chi connectivity index (χ3n) is 3.99. The maximum Gasteiger partial charge on any atom is 0.131 e. The SMILES string of the molecule is O[C@H]1C[C@@H](Oc2cc(Cl)c(Cl)c3[nH]cc(-c4cn[nH]c4)c23)C1. The lowest BCUT2D eigenvalue weighted by Gasteiger charge is -2.32. The molecule has 1 aliphatic carbocycles. The number of aromatic nitrogens is 3. The van der Waals surface area contributed by atoms with Crippen molar-refractivity contribution in [1.82, 2.24) is 15.2 Å². The first-order valence-corrected chi connectivity index (χ1v) is 7.72. The number of aliphatic hydroxyl groups excluding tert-OH is 1. The molecule has 0 spiro atoms. The number of hydrogen-bond acceptors (Lipinski definition) is 3. The predicted molar refractivity (Wildman–Crippen MR) is 85.6 cm³/mol. The van der Waals surface area contributed by atoms with Crippen LogP contribution in [0.3, 0.4) is 0 Å². The Morgan fingerprint density at radius 2 is 2.09 bits per heavy atom. The topological polar surface area (TPSA) is 73.9 Å². The number of halogens is 2. The van der Waals surface area contributed by atoms with Gasteiger partial charge in [0.25, 0.3) is 0 Å². The number of benzene rings is 1. The van der Waals surface area contributed by atoms with Gasteiger partial charge in [0.2, 0.25) is 0 Å². The molecule has 2 aromatic heterocycles. The van der Waals surface area contributed by atoms with Crippen LogP contribution in [0.4, 0.5) is 0 Å². The fourth-order valence-electron chi connectivity index (χ4n) is 2.75. The van der Waals surface area contributed by atoms with Crippen molar-refractivity contribution < 1.29 is 9.84 Å². The molecule has 5 nitrogen and oxygen atoms in total. The van der Waals surface area contributed by atoms with E-state index in [1.165, 1.54) is 0 Å². The minimum absolute atomic E-state index is 0.00235. The largest absolute Gasteiger partial charge is 0.489 e. The van der Waals surface area contributed by atoms with E-state index in [1.807, 2.05) is 12.4 Å². The Balaban J connectivity index is 1.86. The van der Waals surface area contributed by atoms with Gasteiger partial charge >= 0.3 is 0 Å². The molecule has 0 bridgehead atoms. The van der Waals surface area contributed by atoms with Crippen LogP contribution in [0.2, 0.25) is 10.0 Å². The van der Waals surface area contributed by atoms with Crippen molar-refractivity contribution >= 4 is 34.1 Å². The Hall–Kier alpha value is -1.69. The second kappa shape index (κ2) is 5.19. The highest BCUT2D eigenvalue weighted by atomic mass is 35.5. The molecule has 0 radical (unpaired) electrons. The molecule has 0 amide bonds. The zero-order valence-electron chi connectivity index (χ0n) is 11.4. The Bertz CT molecular complexity index is 823. The Labute approximate surface area is 136 Å². The van der Waals surface area contributed by atoms with E-state index in [1.54, 1.807) is 12.3 Å². The van der Waals surface area contributed by atoms with Crippen LogP contribution < -0.4 is 4.74 Å². The van der Waals surface area contributed by atoms with Gasteiger partial charge in [-0.25, -0.2) is 0 Å². The summed E-state index contributed by atoms with van der Waals surface area (Å²) in [6.07, 6.45) is 6.40. The second-order valence-corrected chi connectivity index (χ2v) is 6.26. The quantitative estimate of drug-likeness (QED) is 0.681. The Morgan fingerprint density at radius 3 is 2.77 bits per heavy atom. The van der Waals surface area contributed by atoms with Gasteiger partial charge in [0, 0.05) is 42.4 Å². The van der Waals surface area contributed by atoms with Crippen LogP contribution in [-0.4, -0.2) is 32.5 Å². The molecule has 1 aromatic carbocycles. The summed E-state index contributed by atoms with van der Waals surface area (Å²) < 4.78 is 6.01. The number of aliphatic hydroxyl groups is 1. The highest BCUT2D eigenvalue weighted by molar-refractivity contribution is 6.45. The predicted octanol–water partition coefficient (Wildman–Crippen LogP) is 3.77. The van der Waals surface area contributed by atoms with Crippen LogP contribution in [0.25, 0.3) is 22.0 Å². The van der Waals surface area contributed by atoms with E-state index in [0.717, 1.165) is 22.0 Å². The first-order valence-electron chi connectivity index (χ1n) is 6.96. The maximum absolute atomic E-state index is 9.43. The molecule has 0 saturated heterocycles. The first-order chi connectivity index (χ1) is 10.6. The number of aromatic amines is 2. The monoisotopic (exact) mass is 337 g/mol. The van der Waals surface area contributed by atoms with Crippen LogP contribution in [0.5, 0.6) is 5.75 Å². The van der Waals surface area contributed by atoms with E-state index in [-0.39, 0.29) is 12.2 Å². The number of H-pyrrole nitrogens is 2. The molecular formula is C15H13Cl2N3O2. The molecule has 1 fully saturated rings. The van der Waals surface area contributed by atoms with E-state index >= 15 is 0 Å². The van der Waals surface area contributed by atoms with Gasteiger partial charge in [-0.1, -0.05) is 23.2 Å². The fraction of sp³-hybridized carbons (Fsp3) is 0.267. The molecular weight excluding hydrogens is 325 g/mol. The lowest BCUT2D eigenvalue weighted by atomic mass is 9.92. The summed E-state index contributed by atoms with van der Waals surface area (Å²) >= 11 is 12.5. The fourth-order valence-corrected chi connectivity index (χ4v) is 3.15. The van der Waals surface area contributed by atoms with Crippen molar-refractivity contribution in [2.24, 2.45) is 0 Å². The maximum atomic E-state index is 9.43. The van der Waals surface area contributed by atoms with Gasteiger partial charge in [-0.2, -0.15) is 5.10 Å². The number of ether oxygens (including phenoxy) is 1. The zero-order chi connectivity index (χ0) is 15.3. The van der Waals surface area contributed by atoms with Crippen molar-refractivity contribution in [1.29, 1.82) is 0 Å². The van der Waals surface area contributed by atoms with Gasteiger partial charge in [0.1, 0.15) is 11.9 Å². The second-order valence-electron chi connectivity index (χ2n) is 5.47. The van der Waals surface area contributed by atoms with Crippen LogP contribution in [0, 0.1) is 0 Å². The van der Waals surface area contributed by atoms with Crippen LogP contribution in [-0.2, 0) is 0 Å². The van der Waals surface area contributed by atoms with E-state index in [9.17, 15) is 5.11 Å². The molecule has 4 rings (SSSR count). The van der Waals surface area contributed by atoms with E-state index in [2.05, 4.69) is 15.2 Å². The van der Waals surface area contributed by atoms with Crippen molar-refractivity contribution in [3.8, 4) is 16.9 Å². The molecule has 3 N–H and O–H groups in total. The van der Waals surface area contributed by atoms with Gasteiger partial charge in [0.15, 0.2) is 0 Å². The molecule has 3 aromatic rings. The first kappa shape index (κ1) is 13.9. The number of hydrogen-bond donors (Lipinski definition) is 3. The van der Waals surface area contributed by atoms with E-state index in [0.29, 0.717) is 28.6 Å². The van der Waals surface area contributed by atoms with Crippen LogP contribution in [0.15, 0.2) is 24.7 Å². The van der Waals surface area contributed by atoms with Crippen LogP contribution >= 0.6 is 23.2 Å². The number of fused-ring (bicyclic) bond motifs is 1. The number of rotatable bonds is 3. The summed E-state index contributed by atoms with van der Waals surface area (Å²) in [7, 11) is 0. The molecule has 0 unspecified atom stereocenters. The minimum Gasteiger partial charge on any atom is -0.489 e. The molecule has 7 heteroatoms. The van der Waals surface area contributed by atoms with Gasteiger partial charge < -0.3 is 14.8 Å². The smallest absolute Gasteiger partial charge is 0.131 e. The Kier molecular flexibility index (Phi) is 3.29. The molecule has 0 atom stereocenters. The highest BCUT2D eigenvalue weighted by Gasteiger charge is 2.30. The molecule has 0 aliphatic heterocycles. The van der Waals surface area contributed by atoms with Crippen molar-refractivity contribution in [2.45, 2.75) is 25.0 Å². The summed E-state index contributed by atoms with van der Waals surface area (Å²) in [5.41, 5.74) is 2.61. The Morgan fingerprint density at radius 1 is 1.27 bits per heavy atom. The molecule has 1 aliphatic rings. The molecule has 1 saturated carbocycles. The minimum atomic E-state index is -0.275. The van der Waals surface area contributed by atoms with E-state index < -0.39 is 0 Å². The third kappa shape index (κ3) is 2.17. The van der Waals surface area contributed by atoms with Gasteiger partial charge in [-0.3, -0.25) is 5.10 Å². The lowest BCUT2D eigenvalue weighted by Crippen LogP contribution is -2.37. The van der Waals surface area contributed by atoms with Gasteiger partial charge in [-0.15, -0.1) is 0 Å². The highest BCUT2D eigenvalue weighted by Crippen LogP contribution is 2.43. The molecule has 22 heavy (non-hydrogen) atoms. The normalized spacial score (nSPS) is 21.0. The number of nitrogens with zero attached hydrogens (tertiary/aromatic N) is 1. The van der Waals surface area contributed by atoms with E-state index in [4.69, 9.17) is 27.9 Å². The van der Waals surface area contributed by atoms with Gasteiger partial charge in [-0.05, 0) is 0 Å². The summed E-state index contributed by atoms with van der Waals surface area (Å²) in [4.78, 5) is 3.16. The molecule has 2 heterocycles. The standard InChI is InChI=1S/C15H13Cl2N3O2/c16-11-3-12(22-9-1-8(21)2-9)13-10(7-4-19-20-5-7)6-18-15(13)14(11)17/h3-6,8-9,18,21H,1-2H2,(H,19,20)/t8-,9+. The average molecular weight is 338 g/mol. The molecule has 114 valence electrons. The lowest BCUT2D eigenvalue weighted by molar-refractivity contribution is -0.0100. The summed E-state index contributed by atoms with van der Waals surface area (Å²) in [5, 5.41) is 18.0. The van der Waals surface area contributed by atoms with Crippen LogP contribution in [0.1, 0.15) is 12.8 Å². The van der Waals surface area contributed by atoms with Gasteiger partial charge in [0.05, 0.1) is 33.2 Å². The average Bonchev–Trinajstić information content (AvgIpc) is 3.11. The number of nitrogens with one attached hydrogen (secondary N) is 2. The van der Waals surface area contributed by atoms with Crippen molar-refractivity contribution in [3.05, 3.63) is 34.7 Å². The summed E-state index contributed by atoms with van der Waals surface area (Å²) in [6.45, 7) is 0. The van der Waals surface area contributed by atoms with Crippen molar-refractivity contribution in [2.75, 3.05) is 0 Å². The zero-order valence-corrected chi connectivity index (χ0v) is 12.9. The summed E-state index contributed by atoms with van der Waals surface area (Å²) in [6, 6.07) is 1.73. The van der Waals surface area contributed by atoms with Crippen molar-refractivity contribution in [3.63, 3.8) is 0 Å².